The number of halogens is 3. The zero-order valence-corrected chi connectivity index (χ0v) is 12.9. The molecule has 0 saturated heterocycles. The number of hydrogen-bond donors (Lipinski definition) is 0. The highest BCUT2D eigenvalue weighted by molar-refractivity contribution is 7.49. The Morgan fingerprint density at radius 1 is 0.889 bits per heavy atom. The summed E-state index contributed by atoms with van der Waals surface area (Å²) in [6.45, 7) is 0. The van der Waals surface area contributed by atoms with Gasteiger partial charge in [0.25, 0.3) is 0 Å². The molecule has 2 aliphatic rings. The van der Waals surface area contributed by atoms with E-state index >= 15 is 0 Å². The van der Waals surface area contributed by atoms with E-state index in [1.165, 1.54) is 0 Å². The number of hydrogen-bond acceptors (Lipinski definition) is 4. The first kappa shape index (κ1) is 15.4. The van der Waals surface area contributed by atoms with E-state index in [2.05, 4.69) is 4.08 Å². The van der Waals surface area contributed by atoms with Crippen molar-refractivity contribution >= 4 is 42.9 Å². The van der Waals surface area contributed by atoms with Crippen LogP contribution in [0.3, 0.4) is 0 Å². The second-order valence-corrected chi connectivity index (χ2v) is 7.89. The number of phosphoric ester groups is 1. The van der Waals surface area contributed by atoms with E-state index in [1.54, 1.807) is 0 Å². The van der Waals surface area contributed by atoms with Gasteiger partial charge in [-0.1, -0.05) is 0 Å². The van der Waals surface area contributed by atoms with Crippen molar-refractivity contribution in [3.8, 4) is 0 Å². The molecule has 4 nitrogen and oxygen atoms in total. The van der Waals surface area contributed by atoms with Crippen molar-refractivity contribution in [3.05, 3.63) is 0 Å². The molecule has 4 unspecified atom stereocenters. The van der Waals surface area contributed by atoms with Crippen molar-refractivity contribution in [1.29, 1.82) is 0 Å². The highest BCUT2D eigenvalue weighted by Gasteiger charge is 2.38. The van der Waals surface area contributed by atoms with Crippen molar-refractivity contribution in [3.63, 3.8) is 0 Å². The Hall–Kier alpha value is 0.980. The monoisotopic (exact) mass is 336 g/mol. The second kappa shape index (κ2) is 6.62. The zero-order chi connectivity index (χ0) is 13.2. The molecule has 0 N–H and O–H groups in total. The highest BCUT2D eigenvalue weighted by Crippen LogP contribution is 2.56. The lowest BCUT2D eigenvalue weighted by Crippen LogP contribution is -2.13. The van der Waals surface area contributed by atoms with Gasteiger partial charge in [0, 0.05) is 10.8 Å². The van der Waals surface area contributed by atoms with Gasteiger partial charge in [0.15, 0.2) is 0 Å². The molecule has 106 valence electrons. The Kier molecular flexibility index (Phi) is 5.65. The maximum Gasteiger partial charge on any atom is 0.491 e. The molecule has 2 saturated carbocycles. The van der Waals surface area contributed by atoms with Crippen LogP contribution in [0.2, 0.25) is 0 Å². The molecule has 0 amide bonds. The lowest BCUT2D eigenvalue weighted by Gasteiger charge is -2.21. The molecule has 18 heavy (non-hydrogen) atoms. The van der Waals surface area contributed by atoms with Crippen LogP contribution in [0.25, 0.3) is 0 Å². The average molecular weight is 338 g/mol. The van der Waals surface area contributed by atoms with Crippen LogP contribution in [0.15, 0.2) is 0 Å². The summed E-state index contributed by atoms with van der Waals surface area (Å²) in [4.78, 5) is 0. The van der Waals surface area contributed by atoms with Gasteiger partial charge in [-0.05, 0) is 38.5 Å². The summed E-state index contributed by atoms with van der Waals surface area (Å²) in [7, 11) is -3.70. The molecule has 0 radical (unpaired) electrons. The number of phosphoric acid groups is 1. The van der Waals surface area contributed by atoms with Crippen molar-refractivity contribution in [2.75, 3.05) is 0 Å². The smallest absolute Gasteiger partial charge is 0.283 e. The molecule has 0 spiro atoms. The van der Waals surface area contributed by atoms with Gasteiger partial charge in [0.1, 0.15) is 0 Å². The topological polar surface area (TPSA) is 44.8 Å². The van der Waals surface area contributed by atoms with E-state index in [-0.39, 0.29) is 23.0 Å². The van der Waals surface area contributed by atoms with Gasteiger partial charge in [-0.2, -0.15) is 4.08 Å². The molecule has 0 aromatic heterocycles. The Bertz CT molecular complexity index is 304. The van der Waals surface area contributed by atoms with E-state index in [1.807, 2.05) is 0 Å². The van der Waals surface area contributed by atoms with Crippen molar-refractivity contribution in [2.24, 2.45) is 0 Å². The quantitative estimate of drug-likeness (QED) is 0.542. The van der Waals surface area contributed by atoms with Crippen LogP contribution in [0.4, 0.5) is 0 Å². The molecule has 0 bridgehead atoms. The first-order chi connectivity index (χ1) is 8.50. The first-order valence-electron chi connectivity index (χ1n) is 6.06. The van der Waals surface area contributed by atoms with Crippen LogP contribution in [-0.2, 0) is 17.7 Å². The van der Waals surface area contributed by atoms with Crippen LogP contribution in [0.5, 0.6) is 0 Å². The van der Waals surface area contributed by atoms with E-state index < -0.39 is 7.82 Å². The van der Waals surface area contributed by atoms with E-state index in [0.717, 1.165) is 25.7 Å². The van der Waals surface area contributed by atoms with Crippen molar-refractivity contribution in [2.45, 2.75) is 61.5 Å². The Morgan fingerprint density at radius 2 is 1.33 bits per heavy atom. The van der Waals surface area contributed by atoms with Crippen LogP contribution >= 0.6 is 42.9 Å². The van der Waals surface area contributed by atoms with Gasteiger partial charge in [-0.15, -0.1) is 23.2 Å². The Balaban J connectivity index is 1.87. The van der Waals surface area contributed by atoms with Gasteiger partial charge in [-0.25, -0.2) is 4.57 Å². The summed E-state index contributed by atoms with van der Waals surface area (Å²) < 4.78 is 27.4. The first-order valence-corrected chi connectivity index (χ1v) is 8.70. The summed E-state index contributed by atoms with van der Waals surface area (Å²) >= 11 is 17.2. The molecule has 0 aromatic rings. The van der Waals surface area contributed by atoms with Crippen LogP contribution in [0.1, 0.15) is 38.5 Å². The van der Waals surface area contributed by atoms with Gasteiger partial charge in [0.05, 0.1) is 24.1 Å². The molecule has 0 aromatic carbocycles. The summed E-state index contributed by atoms with van der Waals surface area (Å²) in [6.07, 6.45) is 3.99. The summed E-state index contributed by atoms with van der Waals surface area (Å²) in [5.74, 6) is 0. The molecule has 8 heteroatoms. The van der Waals surface area contributed by atoms with E-state index in [9.17, 15) is 4.57 Å². The van der Waals surface area contributed by atoms with Crippen LogP contribution in [0, 0.1) is 0 Å². The maximum absolute atomic E-state index is 12.2. The van der Waals surface area contributed by atoms with E-state index in [0.29, 0.717) is 12.8 Å². The highest BCUT2D eigenvalue weighted by atomic mass is 35.5. The molecule has 2 fully saturated rings. The second-order valence-electron chi connectivity index (χ2n) is 4.79. The molecular formula is C10H16Cl3O4P. The third kappa shape index (κ3) is 4.24. The standard InChI is InChI=1S/C10H16Cl3O4P/c11-7-1-3-9(5-7)15-18(14,17-13)16-10-4-2-8(12)6-10/h7-10H,1-6H2. The minimum atomic E-state index is -3.70. The van der Waals surface area contributed by atoms with Gasteiger partial charge in [0.2, 0.25) is 0 Å². The molecule has 0 heterocycles. The van der Waals surface area contributed by atoms with Gasteiger partial charge >= 0.3 is 7.82 Å². The number of alkyl halides is 2. The summed E-state index contributed by atoms with van der Waals surface area (Å²) in [5.41, 5.74) is 0. The average Bonchev–Trinajstić information content (AvgIpc) is 2.88. The largest absolute Gasteiger partial charge is 0.491 e. The molecule has 0 aliphatic heterocycles. The lowest BCUT2D eigenvalue weighted by molar-refractivity contribution is 0.0851. The van der Waals surface area contributed by atoms with E-state index in [4.69, 9.17) is 44.1 Å². The fraction of sp³-hybridized carbons (Fsp3) is 1.00. The van der Waals surface area contributed by atoms with Crippen molar-refractivity contribution in [1.82, 2.24) is 0 Å². The third-order valence-corrected chi connectivity index (χ3v) is 5.86. The lowest BCUT2D eigenvalue weighted by atomic mass is 10.3. The summed E-state index contributed by atoms with van der Waals surface area (Å²) in [5, 5.41) is 0.106. The predicted octanol–water partition coefficient (Wildman–Crippen LogP) is 4.62. The van der Waals surface area contributed by atoms with Crippen LogP contribution in [-0.4, -0.2) is 23.0 Å². The fourth-order valence-electron chi connectivity index (χ4n) is 2.39. The molecule has 2 aliphatic carbocycles. The Morgan fingerprint density at radius 3 is 1.61 bits per heavy atom. The third-order valence-electron chi connectivity index (χ3n) is 3.28. The minimum absolute atomic E-state index is 0.0532. The molecule has 2 rings (SSSR count). The zero-order valence-electron chi connectivity index (χ0n) is 9.77. The van der Waals surface area contributed by atoms with Crippen molar-refractivity contribution < 1.29 is 17.7 Å². The predicted molar refractivity (Wildman–Crippen MR) is 71.3 cm³/mol. The maximum atomic E-state index is 12.2. The van der Waals surface area contributed by atoms with Crippen LogP contribution < -0.4 is 0 Å². The summed E-state index contributed by atoms with van der Waals surface area (Å²) in [6, 6.07) is 0. The molecular weight excluding hydrogens is 321 g/mol. The fourth-order valence-corrected chi connectivity index (χ4v) is 4.46. The normalized spacial score (nSPS) is 39.9. The van der Waals surface area contributed by atoms with Gasteiger partial charge < -0.3 is 0 Å². The Labute approximate surface area is 122 Å². The SMILES string of the molecule is O=P(OCl)(OC1CCC(Cl)C1)OC1CCC(Cl)C1. The number of rotatable bonds is 5. The van der Waals surface area contributed by atoms with Gasteiger partial charge in [-0.3, -0.25) is 9.05 Å². The minimum Gasteiger partial charge on any atom is -0.283 e. The molecule has 4 atom stereocenters.